The van der Waals surface area contributed by atoms with Gasteiger partial charge in [-0.2, -0.15) is 10.2 Å². The van der Waals surface area contributed by atoms with Gasteiger partial charge in [-0.3, -0.25) is 4.79 Å². The summed E-state index contributed by atoms with van der Waals surface area (Å²) in [6.45, 7) is 3.45. The molecule has 1 fully saturated rings. The molecule has 9 nitrogen and oxygen atoms in total. The van der Waals surface area contributed by atoms with Crippen LogP contribution in [0.1, 0.15) is 29.5 Å². The van der Waals surface area contributed by atoms with Crippen LogP contribution in [0.5, 0.6) is 11.5 Å². The Labute approximate surface area is 220 Å². The maximum absolute atomic E-state index is 13.5. The SMILES string of the molecule is Cc1cc(Oc2ccccc2)ccc1S1(C#N)c2nccc3nc(=O)[nH]c(c23)C1NC(=O)C1CCNCC1. The number of para-hydroxylation sites is 1. The molecule has 2 aromatic carbocycles. The van der Waals surface area contributed by atoms with E-state index in [1.807, 2.05) is 55.5 Å². The number of amides is 1. The third-order valence-electron chi connectivity index (χ3n) is 7.15. The largest absolute Gasteiger partial charge is 0.457 e. The zero-order chi connectivity index (χ0) is 26.3. The number of aromatic nitrogens is 3. The fourth-order valence-electron chi connectivity index (χ4n) is 5.36. The number of nitrogens with zero attached hydrogens (tertiary/aromatic N) is 3. The Kier molecular flexibility index (Phi) is 6.10. The fraction of sp³-hybridized carbons (Fsp3) is 0.250. The van der Waals surface area contributed by atoms with Crippen LogP contribution in [-0.4, -0.2) is 33.9 Å². The number of aromatic amines is 1. The first kappa shape index (κ1) is 24.2. The quantitative estimate of drug-likeness (QED) is 0.331. The van der Waals surface area contributed by atoms with E-state index in [1.54, 1.807) is 12.3 Å². The molecular formula is C28H26N6O3S. The zero-order valence-corrected chi connectivity index (χ0v) is 21.5. The van der Waals surface area contributed by atoms with Crippen molar-refractivity contribution in [2.24, 2.45) is 5.92 Å². The van der Waals surface area contributed by atoms with E-state index in [0.29, 0.717) is 46.0 Å². The number of nitrogens with one attached hydrogen (secondary N) is 3. The van der Waals surface area contributed by atoms with E-state index < -0.39 is 21.1 Å². The summed E-state index contributed by atoms with van der Waals surface area (Å²) >= 11 is 0. The minimum Gasteiger partial charge on any atom is -0.457 e. The molecule has 2 aliphatic rings. The van der Waals surface area contributed by atoms with Crippen LogP contribution in [0.4, 0.5) is 0 Å². The fourth-order valence-corrected chi connectivity index (χ4v) is 8.77. The molecule has 2 aromatic heterocycles. The Morgan fingerprint density at radius 2 is 1.92 bits per heavy atom. The molecule has 1 amide bonds. The molecule has 2 atom stereocenters. The van der Waals surface area contributed by atoms with Crippen LogP contribution >= 0.6 is 10.0 Å². The molecule has 4 heterocycles. The lowest BCUT2D eigenvalue weighted by Crippen LogP contribution is -2.40. The van der Waals surface area contributed by atoms with Crippen LogP contribution in [-0.2, 0) is 4.79 Å². The molecule has 4 aromatic rings. The lowest BCUT2D eigenvalue weighted by atomic mass is 9.97. The lowest BCUT2D eigenvalue weighted by Gasteiger charge is -2.37. The van der Waals surface area contributed by atoms with E-state index >= 15 is 0 Å². The van der Waals surface area contributed by atoms with Crippen molar-refractivity contribution in [1.29, 1.82) is 5.26 Å². The van der Waals surface area contributed by atoms with Crippen molar-refractivity contribution in [3.63, 3.8) is 0 Å². The van der Waals surface area contributed by atoms with Gasteiger partial charge in [-0.05, 0) is 74.8 Å². The van der Waals surface area contributed by atoms with Crippen LogP contribution in [0.15, 0.2) is 75.5 Å². The molecule has 0 aliphatic carbocycles. The second-order valence-corrected chi connectivity index (χ2v) is 12.3. The van der Waals surface area contributed by atoms with Gasteiger partial charge in [0.1, 0.15) is 27.3 Å². The molecule has 0 bridgehead atoms. The molecule has 0 radical (unpaired) electrons. The molecule has 2 aliphatic heterocycles. The minimum atomic E-state index is -2.62. The highest BCUT2D eigenvalue weighted by Gasteiger charge is 2.50. The summed E-state index contributed by atoms with van der Waals surface area (Å²) in [6, 6.07) is 16.7. The molecule has 192 valence electrons. The lowest BCUT2D eigenvalue weighted by molar-refractivity contribution is -0.126. The minimum absolute atomic E-state index is 0.121. The van der Waals surface area contributed by atoms with Crippen LogP contribution in [0.3, 0.4) is 0 Å². The van der Waals surface area contributed by atoms with E-state index in [0.717, 1.165) is 23.5 Å². The predicted octanol–water partition coefficient (Wildman–Crippen LogP) is 4.25. The number of carbonyl (C=O) groups is 1. The van der Waals surface area contributed by atoms with Gasteiger partial charge in [-0.25, -0.2) is 9.78 Å². The Balaban J connectivity index is 1.49. The molecular weight excluding hydrogens is 500 g/mol. The summed E-state index contributed by atoms with van der Waals surface area (Å²) in [5.74, 6) is 1.05. The summed E-state index contributed by atoms with van der Waals surface area (Å²) in [7, 11) is -2.62. The van der Waals surface area contributed by atoms with Gasteiger partial charge in [0, 0.05) is 17.0 Å². The van der Waals surface area contributed by atoms with Crippen molar-refractivity contribution >= 4 is 26.8 Å². The molecule has 38 heavy (non-hydrogen) atoms. The van der Waals surface area contributed by atoms with Gasteiger partial charge in [0.2, 0.25) is 5.91 Å². The molecule has 10 heteroatoms. The molecule has 0 spiro atoms. The van der Waals surface area contributed by atoms with Crippen molar-refractivity contribution in [3.05, 3.63) is 82.5 Å². The van der Waals surface area contributed by atoms with E-state index in [9.17, 15) is 14.9 Å². The zero-order valence-electron chi connectivity index (χ0n) is 20.7. The number of benzene rings is 2. The van der Waals surface area contributed by atoms with E-state index in [4.69, 9.17) is 4.74 Å². The second-order valence-electron chi connectivity index (χ2n) is 9.47. The number of aryl methyl sites for hydroxylation is 1. The van der Waals surface area contributed by atoms with Gasteiger partial charge < -0.3 is 20.4 Å². The third-order valence-corrected chi connectivity index (χ3v) is 10.6. The Morgan fingerprint density at radius 3 is 2.66 bits per heavy atom. The van der Waals surface area contributed by atoms with Gasteiger partial charge in [-0.15, -0.1) is 0 Å². The molecule has 1 saturated heterocycles. The standard InChI is InChI=1S/C28H26N6O3S/c1-17-15-20(37-19-5-3-2-4-6-19)7-8-22(17)38(16-29)26-23-21(11-14-31-26)32-28(36)33-24(23)27(38)34-25(35)18-9-12-30-13-10-18/h2-8,11,14-15,18,27,30H,9-10,12-13H2,1H3,(H,34,35)(H,32,33,36). The van der Waals surface area contributed by atoms with Gasteiger partial charge in [-0.1, -0.05) is 28.2 Å². The van der Waals surface area contributed by atoms with Crippen molar-refractivity contribution in [2.75, 3.05) is 13.1 Å². The number of thiocyanates is 1. The molecule has 2 unspecified atom stereocenters. The average Bonchev–Trinajstić information content (AvgIpc) is 3.20. The number of carbonyl (C=O) groups excluding carboxylic acids is 1. The summed E-state index contributed by atoms with van der Waals surface area (Å²) < 4.78 is 6.03. The van der Waals surface area contributed by atoms with Crippen molar-refractivity contribution in [2.45, 2.75) is 35.1 Å². The van der Waals surface area contributed by atoms with Crippen LogP contribution in [0.25, 0.3) is 10.9 Å². The number of H-pyrrole nitrogens is 1. The predicted molar refractivity (Wildman–Crippen MR) is 144 cm³/mol. The van der Waals surface area contributed by atoms with Gasteiger partial charge in [0.05, 0.1) is 16.6 Å². The number of nitriles is 1. The number of hydrogen-bond acceptors (Lipinski definition) is 7. The molecule has 6 rings (SSSR count). The number of hydrogen-bond donors (Lipinski definition) is 3. The number of pyridine rings is 1. The smallest absolute Gasteiger partial charge is 0.345 e. The first-order chi connectivity index (χ1) is 18.5. The van der Waals surface area contributed by atoms with Crippen LogP contribution < -0.4 is 21.1 Å². The molecule has 3 N–H and O–H groups in total. The maximum atomic E-state index is 13.5. The second kappa shape index (κ2) is 9.59. The summed E-state index contributed by atoms with van der Waals surface area (Å²) in [5, 5.41) is 20.4. The van der Waals surface area contributed by atoms with Crippen LogP contribution in [0, 0.1) is 23.5 Å². The Hall–Kier alpha value is -4.20. The van der Waals surface area contributed by atoms with Gasteiger partial charge in [0.25, 0.3) is 0 Å². The highest BCUT2D eigenvalue weighted by atomic mass is 32.3. The topological polar surface area (TPSA) is 133 Å². The van der Waals surface area contributed by atoms with E-state index in [2.05, 4.69) is 31.0 Å². The summed E-state index contributed by atoms with van der Waals surface area (Å²) in [5.41, 5.74) is 1.26. The number of rotatable bonds is 5. The number of ether oxygens (including phenoxy) is 1. The first-order valence-electron chi connectivity index (χ1n) is 12.5. The van der Waals surface area contributed by atoms with Crippen molar-refractivity contribution < 1.29 is 9.53 Å². The van der Waals surface area contributed by atoms with Gasteiger partial charge >= 0.3 is 5.69 Å². The average molecular weight is 527 g/mol. The van der Waals surface area contributed by atoms with E-state index in [1.165, 1.54) is 0 Å². The van der Waals surface area contributed by atoms with E-state index in [-0.39, 0.29) is 11.8 Å². The Morgan fingerprint density at radius 1 is 1.13 bits per heavy atom. The summed E-state index contributed by atoms with van der Waals surface area (Å²) in [6.07, 6.45) is 3.00. The number of piperidine rings is 1. The van der Waals surface area contributed by atoms with Gasteiger partial charge in [0.15, 0.2) is 0 Å². The summed E-state index contributed by atoms with van der Waals surface area (Å²) in [4.78, 5) is 38.4. The van der Waals surface area contributed by atoms with Crippen molar-refractivity contribution in [3.8, 4) is 16.9 Å². The van der Waals surface area contributed by atoms with Crippen molar-refractivity contribution in [1.82, 2.24) is 25.6 Å². The highest BCUT2D eigenvalue weighted by Crippen LogP contribution is 2.75. The monoisotopic (exact) mass is 526 g/mol. The normalized spacial score (nSPS) is 22.4. The third kappa shape index (κ3) is 3.91. The molecule has 0 saturated carbocycles. The van der Waals surface area contributed by atoms with Crippen LogP contribution in [0.2, 0.25) is 0 Å². The first-order valence-corrected chi connectivity index (χ1v) is 14.2. The highest BCUT2D eigenvalue weighted by molar-refractivity contribution is 8.37. The Bertz CT molecular complexity index is 1640. The maximum Gasteiger partial charge on any atom is 0.345 e.